The van der Waals surface area contributed by atoms with Crippen LogP contribution in [0.2, 0.25) is 0 Å². The van der Waals surface area contributed by atoms with E-state index >= 15 is 0 Å². The Hall–Kier alpha value is -8.93. The molecule has 23 nitrogen and oxygen atoms in total. The van der Waals surface area contributed by atoms with E-state index in [4.69, 9.17) is 33.8 Å². The number of rotatable bonds is 11. The van der Waals surface area contributed by atoms with Crippen LogP contribution in [0, 0.1) is 23.3 Å². The lowest BCUT2D eigenvalue weighted by molar-refractivity contribution is 0.258. The van der Waals surface area contributed by atoms with Gasteiger partial charge in [0.05, 0.1) is 76.9 Å². The molecule has 30 heteroatoms. The molecule has 0 amide bonds. The molecule has 2 aliphatic heterocycles. The number of nitrogens with one attached hydrogen (secondary N) is 4. The molecule has 2 aliphatic rings. The van der Waals surface area contributed by atoms with Crippen molar-refractivity contribution in [3.8, 4) is 5.75 Å². The molecule has 0 saturated carbocycles. The number of nitrogens with zero attached hydrogens (tertiary/aromatic N) is 4. The van der Waals surface area contributed by atoms with Gasteiger partial charge in [-0.05, 0) is 57.7 Å². The molecule has 79 heavy (non-hydrogen) atoms. The Kier molecular flexibility index (Phi) is 19.3. The predicted octanol–water partition coefficient (Wildman–Crippen LogP) is -1.85. The first-order chi connectivity index (χ1) is 37.7. The Morgan fingerprint density at radius 2 is 0.785 bits per heavy atom. The second-order valence-electron chi connectivity index (χ2n) is 17.4. The lowest BCUT2D eigenvalue weighted by atomic mass is 9.79. The van der Waals surface area contributed by atoms with E-state index < -0.39 is 75.4 Å². The molecule has 6 heterocycles. The molecule has 0 aliphatic carbocycles. The SMILES string of the molecule is CC1COB(c2ccc(Cn3cc(F)c(=O)[nH]c3=O)cc2)O1.O=c1[nH]c(=O)n(Cc2ccc(B(O)O)cc2)cc1F.O=c1[nH]c(=O)n(Cc2ccc(B3OCCO3)cc2)cc1F.O=c1[nH]c(=O)n(Cc2ccc(O)cc2)cc1F. The number of halogens is 4. The molecule has 1 atom stereocenters. The number of hydrogen-bond acceptors (Lipinski definition) is 15. The third-order valence-electron chi connectivity index (χ3n) is 11.5. The van der Waals surface area contributed by atoms with Gasteiger partial charge in [0, 0.05) is 0 Å². The quantitative estimate of drug-likeness (QED) is 0.0553. The fourth-order valence-electron chi connectivity index (χ4n) is 7.38. The third kappa shape index (κ3) is 16.1. The molecule has 0 radical (unpaired) electrons. The van der Waals surface area contributed by atoms with Crippen molar-refractivity contribution in [2.75, 3.05) is 19.8 Å². The monoisotopic (exact) mass is 1090 g/mol. The summed E-state index contributed by atoms with van der Waals surface area (Å²) >= 11 is 0. The van der Waals surface area contributed by atoms with Crippen molar-refractivity contribution in [1.29, 1.82) is 0 Å². The molecule has 0 spiro atoms. The fourth-order valence-corrected chi connectivity index (χ4v) is 7.38. The predicted molar refractivity (Wildman–Crippen MR) is 278 cm³/mol. The van der Waals surface area contributed by atoms with E-state index in [-0.39, 0.29) is 52.3 Å². The van der Waals surface area contributed by atoms with Gasteiger partial charge in [0.1, 0.15) is 5.75 Å². The lowest BCUT2D eigenvalue weighted by Crippen LogP contribution is -2.33. The Morgan fingerprint density at radius 3 is 1.09 bits per heavy atom. The maximum absolute atomic E-state index is 13.2. The van der Waals surface area contributed by atoms with Crippen LogP contribution >= 0.6 is 0 Å². The first kappa shape index (κ1) is 57.8. The third-order valence-corrected chi connectivity index (χ3v) is 11.5. The highest BCUT2D eigenvalue weighted by Gasteiger charge is 2.30. The molecule has 408 valence electrons. The van der Waals surface area contributed by atoms with Crippen molar-refractivity contribution in [2.24, 2.45) is 0 Å². The average Bonchev–Trinajstić information content (AvgIpc) is 4.14. The molecular weight excluding hydrogens is 1050 g/mol. The number of aromatic hydroxyl groups is 1. The normalized spacial score (nSPS) is 13.6. The summed E-state index contributed by atoms with van der Waals surface area (Å²) in [7, 11) is -2.30. The van der Waals surface area contributed by atoms with Gasteiger partial charge in [-0.2, -0.15) is 17.6 Å². The van der Waals surface area contributed by atoms with Crippen LogP contribution in [0.5, 0.6) is 5.75 Å². The second-order valence-corrected chi connectivity index (χ2v) is 17.4. The summed E-state index contributed by atoms with van der Waals surface area (Å²) < 4.78 is 78.6. The van der Waals surface area contributed by atoms with Crippen molar-refractivity contribution in [3.63, 3.8) is 0 Å². The Bertz CT molecular complexity index is 3880. The van der Waals surface area contributed by atoms with Gasteiger partial charge in [0.15, 0.2) is 0 Å². The first-order valence-electron chi connectivity index (χ1n) is 23.6. The topological polar surface area (TPSA) is 317 Å². The van der Waals surface area contributed by atoms with Crippen molar-refractivity contribution >= 4 is 37.7 Å². The van der Waals surface area contributed by atoms with Gasteiger partial charge in [-0.15, -0.1) is 0 Å². The number of aromatic amines is 4. The Morgan fingerprint density at radius 1 is 0.481 bits per heavy atom. The molecule has 0 bridgehead atoms. The standard InChI is InChI=1S/C14H14BFN2O4.C13H12BFN2O4.C11H10BFN2O4.C11H9FN2O3/c1-9-8-21-15(22-9)11-4-2-10(3-5-11)6-18-7-12(16)13(19)17-14(18)20;15-11-8-17(13(19)16-12(11)18)7-9-1-3-10(4-2-9)14-20-5-6-21-14;13-9-6-15(11(17)14-10(9)16)5-7-1-3-8(4-2-7)12(18)19;12-9-6-14(11(17)13-10(9)16)5-7-1-3-8(15)4-2-7/h2-5,7,9H,6,8H2,1H3,(H,17,19,20);1-4,8H,5-7H2,(H,16,18,19);1-4,6,18-19H,5H2,(H,14,16,17);1-4,6,15H,5H2,(H,13,16,17). The van der Waals surface area contributed by atoms with Gasteiger partial charge >= 0.3 is 44.1 Å². The van der Waals surface area contributed by atoms with E-state index in [1.54, 1.807) is 48.5 Å². The van der Waals surface area contributed by atoms with E-state index in [1.165, 1.54) is 24.3 Å². The van der Waals surface area contributed by atoms with Gasteiger partial charge in [-0.3, -0.25) is 57.4 Å². The number of hydrogen-bond donors (Lipinski definition) is 7. The Balaban J connectivity index is 0.000000153. The summed E-state index contributed by atoms with van der Waals surface area (Å²) in [4.78, 5) is 97.2. The smallest absolute Gasteiger partial charge is 0.494 e. The summed E-state index contributed by atoms with van der Waals surface area (Å²) in [5.41, 5.74) is -1.77. The van der Waals surface area contributed by atoms with Crippen LogP contribution in [0.25, 0.3) is 0 Å². The zero-order chi connectivity index (χ0) is 56.9. The first-order valence-corrected chi connectivity index (χ1v) is 23.6. The zero-order valence-corrected chi connectivity index (χ0v) is 41.3. The minimum absolute atomic E-state index is 0.0624. The molecule has 2 fully saturated rings. The van der Waals surface area contributed by atoms with E-state index in [0.717, 1.165) is 65.1 Å². The van der Waals surface area contributed by atoms with E-state index in [2.05, 4.69) is 0 Å². The summed E-state index contributed by atoms with van der Waals surface area (Å²) in [5, 5.41) is 26.9. The maximum Gasteiger partial charge on any atom is 0.494 e. The van der Waals surface area contributed by atoms with Crippen LogP contribution in [0.4, 0.5) is 17.6 Å². The van der Waals surface area contributed by atoms with E-state index in [0.29, 0.717) is 36.4 Å². The lowest BCUT2D eigenvalue weighted by Gasteiger charge is -2.08. The van der Waals surface area contributed by atoms with Gasteiger partial charge in [0.25, 0.3) is 22.2 Å². The summed E-state index contributed by atoms with van der Waals surface area (Å²) in [5.74, 6) is -3.92. The van der Waals surface area contributed by atoms with Gasteiger partial charge in [-0.1, -0.05) is 84.9 Å². The van der Waals surface area contributed by atoms with Crippen LogP contribution in [-0.2, 0) is 44.8 Å². The number of benzene rings is 4. The van der Waals surface area contributed by atoms with Crippen LogP contribution in [0.1, 0.15) is 29.2 Å². The fraction of sp³-hybridized carbons (Fsp3) is 0.184. The van der Waals surface area contributed by atoms with Gasteiger partial charge < -0.3 is 33.8 Å². The number of phenols is 1. The molecule has 7 N–H and O–H groups in total. The number of H-pyrrole nitrogens is 4. The second kappa shape index (κ2) is 26.4. The molecule has 2 saturated heterocycles. The van der Waals surface area contributed by atoms with Crippen LogP contribution in [-0.4, -0.2) is 101 Å². The summed E-state index contributed by atoms with van der Waals surface area (Å²) in [6.07, 6.45) is 3.55. The highest BCUT2D eigenvalue weighted by atomic mass is 19.1. The Labute approximate surface area is 441 Å². The maximum atomic E-state index is 13.2. The van der Waals surface area contributed by atoms with Crippen molar-refractivity contribution in [1.82, 2.24) is 38.2 Å². The highest BCUT2D eigenvalue weighted by Crippen LogP contribution is 2.11. The van der Waals surface area contributed by atoms with Gasteiger partial charge in [-0.25, -0.2) is 19.2 Å². The van der Waals surface area contributed by atoms with E-state index in [9.17, 15) is 55.9 Å². The summed E-state index contributed by atoms with van der Waals surface area (Å²) in [6.45, 7) is 4.14. The number of phenolic OH excluding ortho intramolecular Hbond substituents is 1. The van der Waals surface area contributed by atoms with Crippen LogP contribution in [0.3, 0.4) is 0 Å². The molecule has 1 unspecified atom stereocenters. The van der Waals surface area contributed by atoms with Crippen LogP contribution in [0.15, 0.2) is 160 Å². The van der Waals surface area contributed by atoms with Crippen LogP contribution < -0.4 is 61.4 Å². The number of aromatic nitrogens is 8. The minimum atomic E-state index is -1.57. The molecule has 8 aromatic rings. The molecule has 4 aromatic heterocycles. The highest BCUT2D eigenvalue weighted by molar-refractivity contribution is 6.62. The molecule has 4 aromatic carbocycles. The van der Waals surface area contributed by atoms with E-state index in [1.807, 2.05) is 51.1 Å². The van der Waals surface area contributed by atoms with Crippen molar-refractivity contribution in [3.05, 3.63) is 251 Å². The largest absolute Gasteiger partial charge is 0.508 e. The van der Waals surface area contributed by atoms with Crippen molar-refractivity contribution in [2.45, 2.75) is 39.2 Å². The average molecular weight is 1090 g/mol. The summed E-state index contributed by atoms with van der Waals surface area (Å²) in [6, 6.07) is 26.8. The molecule has 10 rings (SSSR count). The van der Waals surface area contributed by atoms with Crippen molar-refractivity contribution < 1.29 is 51.3 Å². The van der Waals surface area contributed by atoms with Gasteiger partial charge in [0.2, 0.25) is 23.3 Å². The molecular formula is C49H45B3F4N8O15. The minimum Gasteiger partial charge on any atom is -0.508 e. The zero-order valence-electron chi connectivity index (χ0n) is 41.3.